The van der Waals surface area contributed by atoms with E-state index in [1.807, 2.05) is 6.07 Å². The minimum absolute atomic E-state index is 0.0174. The Morgan fingerprint density at radius 2 is 1.50 bits per heavy atom. The average molecular weight is 283 g/mol. The molecule has 0 amide bonds. The molecule has 98 valence electrons. The van der Waals surface area contributed by atoms with E-state index in [2.05, 4.69) is 0 Å². The van der Waals surface area contributed by atoms with E-state index in [0.29, 0.717) is 0 Å². The molecule has 0 radical (unpaired) electrons. The first-order valence-corrected chi connectivity index (χ1v) is 7.03. The largest absolute Gasteiger partial charge is 0.398 e. The molecule has 0 heterocycles. The topological polar surface area (TPSA) is 108 Å². The molecule has 0 aliphatic rings. The molecule has 2 aromatic carbocycles. The van der Waals surface area contributed by atoms with E-state index in [0.717, 1.165) is 6.07 Å². The van der Waals surface area contributed by atoms with E-state index in [1.165, 1.54) is 18.2 Å². The number of nitriles is 2. The lowest BCUT2D eigenvalue weighted by atomic mass is 10.1. The van der Waals surface area contributed by atoms with Crippen molar-refractivity contribution in [3.05, 3.63) is 53.6 Å². The fourth-order valence-corrected chi connectivity index (χ4v) is 3.15. The standard InChI is InChI=1S/C14H9N3O2S/c15-8-10-6-13(17)14(7-11(10)9-16)20(18,19)12-4-2-1-3-5-12/h1-7H,17H2. The van der Waals surface area contributed by atoms with Gasteiger partial charge in [0.25, 0.3) is 0 Å². The van der Waals surface area contributed by atoms with Crippen molar-refractivity contribution in [1.29, 1.82) is 10.5 Å². The van der Waals surface area contributed by atoms with Gasteiger partial charge in [-0.05, 0) is 24.3 Å². The van der Waals surface area contributed by atoms with Gasteiger partial charge in [-0.15, -0.1) is 0 Å². The Morgan fingerprint density at radius 1 is 0.950 bits per heavy atom. The minimum Gasteiger partial charge on any atom is -0.398 e. The molecular formula is C14H9N3O2S. The van der Waals surface area contributed by atoms with E-state index < -0.39 is 9.84 Å². The summed E-state index contributed by atoms with van der Waals surface area (Å²) in [6.45, 7) is 0. The summed E-state index contributed by atoms with van der Waals surface area (Å²) >= 11 is 0. The third kappa shape index (κ3) is 2.20. The first-order chi connectivity index (χ1) is 9.50. The van der Waals surface area contributed by atoms with Crippen molar-refractivity contribution < 1.29 is 8.42 Å². The van der Waals surface area contributed by atoms with Gasteiger partial charge in [-0.25, -0.2) is 8.42 Å². The zero-order valence-corrected chi connectivity index (χ0v) is 11.1. The van der Waals surface area contributed by atoms with Crippen LogP contribution in [0.25, 0.3) is 0 Å². The van der Waals surface area contributed by atoms with Crippen LogP contribution >= 0.6 is 0 Å². The molecule has 0 aromatic heterocycles. The van der Waals surface area contributed by atoms with Crippen molar-refractivity contribution in [3.63, 3.8) is 0 Å². The zero-order valence-electron chi connectivity index (χ0n) is 10.2. The van der Waals surface area contributed by atoms with Gasteiger partial charge in [-0.2, -0.15) is 10.5 Å². The molecule has 2 aromatic rings. The van der Waals surface area contributed by atoms with Crippen LogP contribution in [0.3, 0.4) is 0 Å². The Labute approximate surface area is 116 Å². The van der Waals surface area contributed by atoms with Gasteiger partial charge >= 0.3 is 0 Å². The number of anilines is 1. The minimum atomic E-state index is -3.81. The number of nitrogens with two attached hydrogens (primary N) is 1. The maximum absolute atomic E-state index is 12.5. The highest BCUT2D eigenvalue weighted by molar-refractivity contribution is 7.91. The predicted molar refractivity (Wildman–Crippen MR) is 72.2 cm³/mol. The lowest BCUT2D eigenvalue weighted by Gasteiger charge is -2.08. The fourth-order valence-electron chi connectivity index (χ4n) is 1.74. The number of sulfone groups is 1. The molecule has 0 saturated carbocycles. The predicted octanol–water partition coefficient (Wildman–Crippen LogP) is 1.84. The second kappa shape index (κ2) is 5.04. The molecule has 0 aliphatic heterocycles. The highest BCUT2D eigenvalue weighted by Crippen LogP contribution is 2.28. The average Bonchev–Trinajstić information content (AvgIpc) is 2.47. The first-order valence-electron chi connectivity index (χ1n) is 5.54. The third-order valence-electron chi connectivity index (χ3n) is 2.73. The Bertz CT molecular complexity index is 844. The Kier molecular flexibility index (Phi) is 3.43. The van der Waals surface area contributed by atoms with E-state index in [4.69, 9.17) is 16.3 Å². The normalized spacial score (nSPS) is 10.5. The van der Waals surface area contributed by atoms with Crippen LogP contribution in [0.15, 0.2) is 52.3 Å². The van der Waals surface area contributed by atoms with Crippen LogP contribution in [0.5, 0.6) is 0 Å². The van der Waals surface area contributed by atoms with Gasteiger partial charge in [0.05, 0.1) is 26.6 Å². The van der Waals surface area contributed by atoms with Gasteiger partial charge in [0.2, 0.25) is 9.84 Å². The second-order valence-corrected chi connectivity index (χ2v) is 5.89. The van der Waals surface area contributed by atoms with Crippen molar-refractivity contribution in [2.75, 3.05) is 5.73 Å². The lowest BCUT2D eigenvalue weighted by Crippen LogP contribution is -2.07. The zero-order chi connectivity index (χ0) is 14.8. The smallest absolute Gasteiger partial charge is 0.208 e. The van der Waals surface area contributed by atoms with E-state index in [-0.39, 0.29) is 26.6 Å². The van der Waals surface area contributed by atoms with Gasteiger partial charge in [0.1, 0.15) is 12.1 Å². The number of rotatable bonds is 2. The molecule has 2 N–H and O–H groups in total. The Morgan fingerprint density at radius 3 is 2.05 bits per heavy atom. The van der Waals surface area contributed by atoms with Crippen LogP contribution in [0.1, 0.15) is 11.1 Å². The molecule has 20 heavy (non-hydrogen) atoms. The van der Waals surface area contributed by atoms with Crippen LogP contribution in [0.4, 0.5) is 5.69 Å². The van der Waals surface area contributed by atoms with E-state index >= 15 is 0 Å². The van der Waals surface area contributed by atoms with Gasteiger partial charge < -0.3 is 5.73 Å². The molecule has 0 unspecified atom stereocenters. The van der Waals surface area contributed by atoms with Crippen molar-refractivity contribution in [1.82, 2.24) is 0 Å². The molecule has 0 bridgehead atoms. The summed E-state index contributed by atoms with van der Waals surface area (Å²) in [5.41, 5.74) is 5.69. The molecule has 2 rings (SSSR count). The first kappa shape index (κ1) is 13.6. The number of benzene rings is 2. The summed E-state index contributed by atoms with van der Waals surface area (Å²) in [6, 6.07) is 13.7. The summed E-state index contributed by atoms with van der Waals surface area (Å²) in [7, 11) is -3.81. The molecular weight excluding hydrogens is 274 g/mol. The molecule has 0 fully saturated rings. The lowest BCUT2D eigenvalue weighted by molar-refractivity contribution is 0.596. The van der Waals surface area contributed by atoms with Crippen LogP contribution in [0.2, 0.25) is 0 Å². The van der Waals surface area contributed by atoms with Gasteiger partial charge in [0.15, 0.2) is 0 Å². The van der Waals surface area contributed by atoms with Gasteiger partial charge in [0, 0.05) is 0 Å². The van der Waals surface area contributed by atoms with Crippen LogP contribution in [0, 0.1) is 22.7 Å². The number of hydrogen-bond donors (Lipinski definition) is 1. The van der Waals surface area contributed by atoms with Crippen molar-refractivity contribution in [3.8, 4) is 12.1 Å². The fraction of sp³-hybridized carbons (Fsp3) is 0. The summed E-state index contributed by atoms with van der Waals surface area (Å²) in [6.07, 6.45) is 0. The Hall–Kier alpha value is -2.83. The summed E-state index contributed by atoms with van der Waals surface area (Å²) in [5.74, 6) is 0. The van der Waals surface area contributed by atoms with Crippen molar-refractivity contribution in [2.24, 2.45) is 0 Å². The quantitative estimate of drug-likeness (QED) is 0.846. The number of nitrogens with zero attached hydrogens (tertiary/aromatic N) is 2. The monoisotopic (exact) mass is 283 g/mol. The Balaban J connectivity index is 2.72. The second-order valence-electron chi connectivity index (χ2n) is 3.98. The number of nitrogen functional groups attached to an aromatic ring is 1. The maximum Gasteiger partial charge on any atom is 0.208 e. The van der Waals surface area contributed by atoms with Crippen molar-refractivity contribution in [2.45, 2.75) is 9.79 Å². The van der Waals surface area contributed by atoms with E-state index in [1.54, 1.807) is 24.3 Å². The van der Waals surface area contributed by atoms with Crippen LogP contribution in [-0.4, -0.2) is 8.42 Å². The summed E-state index contributed by atoms with van der Waals surface area (Å²) < 4.78 is 24.9. The molecule has 5 nitrogen and oxygen atoms in total. The molecule has 0 spiro atoms. The molecule has 0 saturated heterocycles. The van der Waals surface area contributed by atoms with Crippen molar-refractivity contribution >= 4 is 15.5 Å². The third-order valence-corrected chi connectivity index (χ3v) is 4.56. The van der Waals surface area contributed by atoms with E-state index in [9.17, 15) is 8.42 Å². The van der Waals surface area contributed by atoms with Crippen LogP contribution < -0.4 is 5.73 Å². The van der Waals surface area contributed by atoms with Gasteiger partial charge in [-0.1, -0.05) is 18.2 Å². The van der Waals surface area contributed by atoms with Crippen LogP contribution in [-0.2, 0) is 9.84 Å². The van der Waals surface area contributed by atoms with Gasteiger partial charge in [-0.3, -0.25) is 0 Å². The summed E-state index contributed by atoms with van der Waals surface area (Å²) in [5, 5.41) is 17.8. The molecule has 0 aliphatic carbocycles. The highest BCUT2D eigenvalue weighted by Gasteiger charge is 2.22. The highest BCUT2D eigenvalue weighted by atomic mass is 32.2. The SMILES string of the molecule is N#Cc1cc(N)c(S(=O)(=O)c2ccccc2)cc1C#N. The molecule has 0 atom stereocenters. The number of hydrogen-bond acceptors (Lipinski definition) is 5. The maximum atomic E-state index is 12.5. The summed E-state index contributed by atoms with van der Waals surface area (Å²) in [4.78, 5) is -0.0838. The molecule has 6 heteroatoms.